The van der Waals surface area contributed by atoms with Gasteiger partial charge in [-0.3, -0.25) is 9.78 Å². The molecular weight excluding hydrogens is 322 g/mol. The quantitative estimate of drug-likeness (QED) is 0.818. The number of nitrogens with one attached hydrogen (secondary N) is 1. The molecule has 0 aliphatic carbocycles. The Kier molecular flexibility index (Phi) is 5.67. The summed E-state index contributed by atoms with van der Waals surface area (Å²) in [6.45, 7) is 2.66. The fraction of sp³-hybridized carbons (Fsp3) is 0.444. The largest absolute Gasteiger partial charge is 0.497 e. The molecule has 1 aromatic heterocycles. The van der Waals surface area contributed by atoms with Gasteiger partial charge >= 0.3 is 0 Å². The molecule has 2 heterocycles. The van der Waals surface area contributed by atoms with Crippen LogP contribution in [0, 0.1) is 0 Å². The third-order valence-electron chi connectivity index (χ3n) is 4.26. The van der Waals surface area contributed by atoms with Gasteiger partial charge in [0.15, 0.2) is 0 Å². The van der Waals surface area contributed by atoms with E-state index in [-0.39, 0.29) is 12.2 Å². The van der Waals surface area contributed by atoms with Crippen LogP contribution < -0.4 is 15.2 Å². The second kappa shape index (κ2) is 8.13. The number of H-pyrrole nitrogens is 1. The number of aromatic nitrogens is 2. The molecule has 0 radical (unpaired) electrons. The lowest BCUT2D eigenvalue weighted by atomic mass is 10.0. The Morgan fingerprint density at radius 3 is 2.64 bits per heavy atom. The first-order valence-corrected chi connectivity index (χ1v) is 8.44. The lowest BCUT2D eigenvalue weighted by Gasteiger charge is -2.27. The van der Waals surface area contributed by atoms with Gasteiger partial charge in [0.25, 0.3) is 5.56 Å². The second-order valence-corrected chi connectivity index (χ2v) is 5.87. The molecule has 25 heavy (non-hydrogen) atoms. The average molecular weight is 345 g/mol. The van der Waals surface area contributed by atoms with Crippen molar-refractivity contribution < 1.29 is 14.6 Å². The molecule has 3 rings (SSSR count). The maximum Gasteiger partial charge on any atom is 0.256 e. The van der Waals surface area contributed by atoms with Crippen molar-refractivity contribution in [2.45, 2.75) is 12.8 Å². The number of ether oxygens (including phenoxy) is 2. The molecule has 134 valence electrons. The standard InChI is InChI=1S/C18H23N3O4/c1-24-14-6-4-13(5-7-14)16-15(3-2-10-22)17(23)20-18(19-16)21-8-11-25-12-9-21/h4-7,22H,2-3,8-12H2,1H3,(H,19,20,23). The zero-order valence-electron chi connectivity index (χ0n) is 14.3. The number of aliphatic hydroxyl groups is 1. The molecular formula is C18H23N3O4. The smallest absolute Gasteiger partial charge is 0.256 e. The summed E-state index contributed by atoms with van der Waals surface area (Å²) in [6, 6.07) is 7.49. The van der Waals surface area contributed by atoms with E-state index < -0.39 is 0 Å². The normalized spacial score (nSPS) is 14.6. The molecule has 0 amide bonds. The van der Waals surface area contributed by atoms with Gasteiger partial charge in [-0.25, -0.2) is 4.98 Å². The molecule has 7 heteroatoms. The summed E-state index contributed by atoms with van der Waals surface area (Å²) >= 11 is 0. The summed E-state index contributed by atoms with van der Waals surface area (Å²) < 4.78 is 10.6. The third kappa shape index (κ3) is 4.00. The minimum absolute atomic E-state index is 0.0344. The van der Waals surface area contributed by atoms with E-state index >= 15 is 0 Å². The lowest BCUT2D eigenvalue weighted by Crippen LogP contribution is -2.38. The van der Waals surface area contributed by atoms with Crippen LogP contribution in [0.4, 0.5) is 5.95 Å². The molecule has 1 aliphatic heterocycles. The van der Waals surface area contributed by atoms with Crippen LogP contribution in [0.5, 0.6) is 5.75 Å². The third-order valence-corrected chi connectivity index (χ3v) is 4.26. The zero-order chi connectivity index (χ0) is 17.6. The number of hydrogen-bond donors (Lipinski definition) is 2. The highest BCUT2D eigenvalue weighted by Crippen LogP contribution is 2.25. The van der Waals surface area contributed by atoms with Crippen LogP contribution in [0.1, 0.15) is 12.0 Å². The van der Waals surface area contributed by atoms with Crippen LogP contribution in [0.15, 0.2) is 29.1 Å². The Morgan fingerprint density at radius 2 is 2.00 bits per heavy atom. The first-order valence-electron chi connectivity index (χ1n) is 8.44. The van der Waals surface area contributed by atoms with Gasteiger partial charge in [-0.15, -0.1) is 0 Å². The molecule has 0 unspecified atom stereocenters. The summed E-state index contributed by atoms with van der Waals surface area (Å²) in [6.07, 6.45) is 0.994. The maximum atomic E-state index is 12.6. The SMILES string of the molecule is COc1ccc(-c2nc(N3CCOCC3)[nH]c(=O)c2CCCO)cc1. The van der Waals surface area contributed by atoms with Gasteiger partial charge in [-0.2, -0.15) is 0 Å². The van der Waals surface area contributed by atoms with Crippen LogP contribution in [0.25, 0.3) is 11.3 Å². The van der Waals surface area contributed by atoms with Gasteiger partial charge in [0, 0.05) is 30.8 Å². The van der Waals surface area contributed by atoms with E-state index in [4.69, 9.17) is 19.6 Å². The predicted molar refractivity (Wildman–Crippen MR) is 95.3 cm³/mol. The van der Waals surface area contributed by atoms with E-state index in [1.807, 2.05) is 29.2 Å². The number of anilines is 1. The van der Waals surface area contributed by atoms with Gasteiger partial charge in [0.1, 0.15) is 5.75 Å². The average Bonchev–Trinajstić information content (AvgIpc) is 2.67. The van der Waals surface area contributed by atoms with Crippen LogP contribution in [-0.2, 0) is 11.2 Å². The van der Waals surface area contributed by atoms with E-state index in [1.54, 1.807) is 7.11 Å². The van der Waals surface area contributed by atoms with E-state index in [0.717, 1.165) is 11.3 Å². The van der Waals surface area contributed by atoms with Crippen molar-refractivity contribution in [2.75, 3.05) is 44.9 Å². The molecule has 0 atom stereocenters. The molecule has 1 aromatic carbocycles. The monoisotopic (exact) mass is 345 g/mol. The van der Waals surface area contributed by atoms with Crippen molar-refractivity contribution in [3.05, 3.63) is 40.2 Å². The Balaban J connectivity index is 2.03. The van der Waals surface area contributed by atoms with Crippen molar-refractivity contribution in [3.63, 3.8) is 0 Å². The zero-order valence-corrected chi connectivity index (χ0v) is 14.3. The Bertz CT molecular complexity index is 752. The van der Waals surface area contributed by atoms with Gasteiger partial charge in [-0.1, -0.05) is 0 Å². The van der Waals surface area contributed by atoms with Gasteiger partial charge < -0.3 is 19.5 Å². The van der Waals surface area contributed by atoms with Gasteiger partial charge in [0.2, 0.25) is 5.95 Å². The number of methoxy groups -OCH3 is 1. The first-order chi connectivity index (χ1) is 12.2. The molecule has 0 saturated carbocycles. The van der Waals surface area contributed by atoms with E-state index in [2.05, 4.69) is 4.98 Å². The molecule has 1 fully saturated rings. The number of hydrogen-bond acceptors (Lipinski definition) is 6. The topological polar surface area (TPSA) is 87.7 Å². The molecule has 1 saturated heterocycles. The predicted octanol–water partition coefficient (Wildman–Crippen LogP) is 1.21. The number of morpholine rings is 1. The van der Waals surface area contributed by atoms with E-state index in [9.17, 15) is 4.79 Å². The van der Waals surface area contributed by atoms with Gasteiger partial charge in [0.05, 0.1) is 26.0 Å². The molecule has 7 nitrogen and oxygen atoms in total. The molecule has 2 aromatic rings. The Labute approximate surface area is 146 Å². The molecule has 1 aliphatic rings. The van der Waals surface area contributed by atoms with Crippen molar-refractivity contribution >= 4 is 5.95 Å². The van der Waals surface area contributed by atoms with Crippen LogP contribution in [-0.4, -0.2) is 55.1 Å². The van der Waals surface area contributed by atoms with Crippen molar-refractivity contribution in [1.82, 2.24) is 9.97 Å². The van der Waals surface area contributed by atoms with Crippen LogP contribution in [0.2, 0.25) is 0 Å². The summed E-state index contributed by atoms with van der Waals surface area (Å²) in [5, 5.41) is 9.14. The summed E-state index contributed by atoms with van der Waals surface area (Å²) in [7, 11) is 1.61. The number of aromatic amines is 1. The Hall–Kier alpha value is -2.38. The van der Waals surface area contributed by atoms with Gasteiger partial charge in [-0.05, 0) is 37.1 Å². The fourth-order valence-corrected chi connectivity index (χ4v) is 2.89. The first kappa shape index (κ1) is 17.4. The molecule has 2 N–H and O–H groups in total. The number of nitrogens with zero attached hydrogens (tertiary/aromatic N) is 2. The fourth-order valence-electron chi connectivity index (χ4n) is 2.89. The van der Waals surface area contributed by atoms with Crippen molar-refractivity contribution in [2.24, 2.45) is 0 Å². The van der Waals surface area contributed by atoms with Crippen LogP contribution >= 0.6 is 0 Å². The highest BCUT2D eigenvalue weighted by Gasteiger charge is 2.18. The highest BCUT2D eigenvalue weighted by atomic mass is 16.5. The summed E-state index contributed by atoms with van der Waals surface area (Å²) in [5.41, 5.74) is 1.95. The minimum atomic E-state index is -0.157. The summed E-state index contributed by atoms with van der Waals surface area (Å²) in [5.74, 6) is 1.31. The lowest BCUT2D eigenvalue weighted by molar-refractivity contribution is 0.122. The van der Waals surface area contributed by atoms with E-state index in [0.29, 0.717) is 56.4 Å². The summed E-state index contributed by atoms with van der Waals surface area (Å²) in [4.78, 5) is 22.3. The number of benzene rings is 1. The molecule has 0 spiro atoms. The number of rotatable bonds is 6. The Morgan fingerprint density at radius 1 is 1.28 bits per heavy atom. The number of aliphatic hydroxyl groups excluding tert-OH is 1. The van der Waals surface area contributed by atoms with Crippen molar-refractivity contribution in [1.29, 1.82) is 0 Å². The van der Waals surface area contributed by atoms with E-state index in [1.165, 1.54) is 0 Å². The van der Waals surface area contributed by atoms with Crippen molar-refractivity contribution in [3.8, 4) is 17.0 Å². The molecule has 0 bridgehead atoms. The maximum absolute atomic E-state index is 12.6. The highest BCUT2D eigenvalue weighted by molar-refractivity contribution is 5.65. The minimum Gasteiger partial charge on any atom is -0.497 e. The second-order valence-electron chi connectivity index (χ2n) is 5.87. The van der Waals surface area contributed by atoms with Crippen LogP contribution in [0.3, 0.4) is 0 Å².